The summed E-state index contributed by atoms with van der Waals surface area (Å²) in [5, 5.41) is 19.8. The number of aliphatic hydroxyl groups is 1. The number of nitrogens with one attached hydrogen (secondary N) is 1. The zero-order valence-electron chi connectivity index (χ0n) is 29.8. The van der Waals surface area contributed by atoms with E-state index < -0.39 is 35.3 Å². The van der Waals surface area contributed by atoms with Crippen LogP contribution in [0.1, 0.15) is 60.2 Å². The fourth-order valence-electron chi connectivity index (χ4n) is 6.92. The van der Waals surface area contributed by atoms with Crippen LogP contribution in [0.25, 0.3) is 11.3 Å². The Hall–Kier alpha value is -5.62. The third-order valence-corrected chi connectivity index (χ3v) is 9.80. The molecule has 272 valence electrons. The smallest absolute Gasteiger partial charge is 0.330 e. The number of hydrogen-bond donors (Lipinski definition) is 2. The lowest BCUT2D eigenvalue weighted by Crippen LogP contribution is -2.38. The number of aromatic nitrogens is 5. The van der Waals surface area contributed by atoms with Gasteiger partial charge in [-0.3, -0.25) is 14.3 Å². The van der Waals surface area contributed by atoms with Crippen LogP contribution in [0, 0.1) is 0 Å². The summed E-state index contributed by atoms with van der Waals surface area (Å²) in [6.07, 6.45) is 3.93. The van der Waals surface area contributed by atoms with Crippen molar-refractivity contribution in [1.29, 1.82) is 0 Å². The molecular weight excluding hydrogens is 670 g/mol. The maximum absolute atomic E-state index is 13.2. The second-order valence-electron chi connectivity index (χ2n) is 13.3. The molecule has 1 aliphatic rings. The topological polar surface area (TPSA) is 133 Å². The first-order valence-corrected chi connectivity index (χ1v) is 17.9. The van der Waals surface area contributed by atoms with Gasteiger partial charge in [0.05, 0.1) is 38.1 Å². The highest BCUT2D eigenvalue weighted by Gasteiger charge is 2.42. The van der Waals surface area contributed by atoms with Crippen LogP contribution >= 0.6 is 0 Å². The van der Waals surface area contributed by atoms with E-state index in [0.29, 0.717) is 18.0 Å². The second-order valence-corrected chi connectivity index (χ2v) is 13.3. The van der Waals surface area contributed by atoms with E-state index >= 15 is 0 Å². The van der Waals surface area contributed by atoms with Gasteiger partial charge in [-0.25, -0.2) is 9.48 Å². The molecule has 4 aromatic carbocycles. The molecule has 7 rings (SSSR count). The molecule has 0 radical (unpaired) electrons. The molecule has 0 spiro atoms. The highest BCUT2D eigenvalue weighted by molar-refractivity contribution is 5.55. The fourth-order valence-corrected chi connectivity index (χ4v) is 6.92. The summed E-state index contributed by atoms with van der Waals surface area (Å²) in [7, 11) is 1.62. The average Bonchev–Trinajstić information content (AvgIpc) is 3.81. The summed E-state index contributed by atoms with van der Waals surface area (Å²) in [6.45, 7) is 2.65. The molecule has 2 N–H and O–H groups in total. The Balaban J connectivity index is 1.13. The van der Waals surface area contributed by atoms with Crippen molar-refractivity contribution in [3.05, 3.63) is 170 Å². The molecule has 11 nitrogen and oxygen atoms in total. The second kappa shape index (κ2) is 16.0. The number of H-pyrrole nitrogens is 1. The van der Waals surface area contributed by atoms with Crippen LogP contribution in [0.15, 0.2) is 131 Å². The molecule has 0 bridgehead atoms. The number of nitrogens with zero attached hydrogens (tertiary/aromatic N) is 4. The molecule has 0 amide bonds. The average molecular weight is 714 g/mol. The number of benzene rings is 4. The van der Waals surface area contributed by atoms with Gasteiger partial charge in [-0.1, -0.05) is 116 Å². The van der Waals surface area contributed by atoms with E-state index in [4.69, 9.17) is 14.2 Å². The van der Waals surface area contributed by atoms with Gasteiger partial charge in [-0.2, -0.15) is 0 Å². The van der Waals surface area contributed by atoms with Crippen molar-refractivity contribution in [1.82, 2.24) is 24.5 Å². The van der Waals surface area contributed by atoms with Gasteiger partial charge in [0.1, 0.15) is 29.4 Å². The quantitative estimate of drug-likeness (QED) is 0.134. The number of ether oxygens (including phenoxy) is 3. The third-order valence-electron chi connectivity index (χ3n) is 9.80. The largest absolute Gasteiger partial charge is 0.497 e. The standard InChI is InChI=1S/C42H43N5O6/c1-3-4-11-29-16-18-30(19-17-29)25-46-27-36(44-45-46)35-26-47(41(50)43-40(35)49)39-24-37(48)38(53-39)28-52-42(31-12-7-5-8-13-31,32-14-9-6-10-15-32)33-20-22-34(51-2)23-21-33/h5-10,12-23,26-27,37-39,48H,3-4,11,24-25,28H2,1-2H3,(H,43,49,50)/t37-,38+,39+/m0/s1. The Kier molecular flexibility index (Phi) is 10.8. The summed E-state index contributed by atoms with van der Waals surface area (Å²) < 4.78 is 21.6. The minimum Gasteiger partial charge on any atom is -0.497 e. The predicted molar refractivity (Wildman–Crippen MR) is 201 cm³/mol. The van der Waals surface area contributed by atoms with Gasteiger partial charge in [0.15, 0.2) is 0 Å². The summed E-state index contributed by atoms with van der Waals surface area (Å²) >= 11 is 0. The first-order chi connectivity index (χ1) is 25.9. The van der Waals surface area contributed by atoms with E-state index in [9.17, 15) is 14.7 Å². The van der Waals surface area contributed by atoms with E-state index in [1.54, 1.807) is 18.0 Å². The van der Waals surface area contributed by atoms with Gasteiger partial charge in [0.25, 0.3) is 5.56 Å². The SMILES string of the molecule is CCCCc1ccc(Cn2cc(-c3cn([C@H]4C[C@H](O)[C@@H](COC(c5ccccc5)(c5ccccc5)c5ccc(OC)cc5)O4)c(=O)[nH]c3=O)nn2)cc1. The number of hydrogen-bond acceptors (Lipinski definition) is 8. The van der Waals surface area contributed by atoms with Crippen molar-refractivity contribution in [2.24, 2.45) is 0 Å². The van der Waals surface area contributed by atoms with E-state index in [2.05, 4.69) is 46.5 Å². The number of rotatable bonds is 14. The molecule has 53 heavy (non-hydrogen) atoms. The molecule has 2 aromatic heterocycles. The van der Waals surface area contributed by atoms with Crippen LogP contribution in [0.2, 0.25) is 0 Å². The highest BCUT2D eigenvalue weighted by Crippen LogP contribution is 2.42. The molecule has 6 aromatic rings. The van der Waals surface area contributed by atoms with Crippen LogP contribution in [0.3, 0.4) is 0 Å². The van der Waals surface area contributed by atoms with Crippen molar-refractivity contribution in [2.45, 2.75) is 63.2 Å². The van der Waals surface area contributed by atoms with Crippen LogP contribution < -0.4 is 16.0 Å². The molecule has 11 heteroatoms. The van der Waals surface area contributed by atoms with Crippen molar-refractivity contribution in [3.8, 4) is 17.0 Å². The van der Waals surface area contributed by atoms with Crippen molar-refractivity contribution in [2.75, 3.05) is 13.7 Å². The summed E-state index contributed by atoms with van der Waals surface area (Å²) in [5.74, 6) is 0.710. The Bertz CT molecular complexity index is 2180. The maximum Gasteiger partial charge on any atom is 0.330 e. The summed E-state index contributed by atoms with van der Waals surface area (Å²) in [4.78, 5) is 28.6. The zero-order valence-corrected chi connectivity index (χ0v) is 29.8. The van der Waals surface area contributed by atoms with Gasteiger partial charge in [-0.15, -0.1) is 5.10 Å². The zero-order chi connectivity index (χ0) is 36.8. The molecule has 1 aliphatic heterocycles. The van der Waals surface area contributed by atoms with Gasteiger partial charge in [0, 0.05) is 12.6 Å². The van der Waals surface area contributed by atoms with Gasteiger partial charge >= 0.3 is 5.69 Å². The minimum absolute atomic E-state index is 0.00758. The molecule has 1 fully saturated rings. The first-order valence-electron chi connectivity index (χ1n) is 17.9. The van der Waals surface area contributed by atoms with E-state index in [1.807, 2.05) is 84.9 Å². The molecule has 3 heterocycles. The van der Waals surface area contributed by atoms with Crippen molar-refractivity contribution in [3.63, 3.8) is 0 Å². The number of aryl methyl sites for hydroxylation is 1. The van der Waals surface area contributed by atoms with E-state index in [1.165, 1.54) is 16.3 Å². The van der Waals surface area contributed by atoms with Gasteiger partial charge < -0.3 is 19.3 Å². The lowest BCUT2D eigenvalue weighted by atomic mass is 9.80. The lowest BCUT2D eigenvalue weighted by Gasteiger charge is -2.37. The normalized spacial score (nSPS) is 17.2. The van der Waals surface area contributed by atoms with Crippen molar-refractivity contribution < 1.29 is 19.3 Å². The summed E-state index contributed by atoms with van der Waals surface area (Å²) in [5.41, 5.74) is 3.14. The Morgan fingerprint density at radius 2 is 1.51 bits per heavy atom. The van der Waals surface area contributed by atoms with Crippen LogP contribution in [0.5, 0.6) is 5.75 Å². The molecule has 0 aliphatic carbocycles. The first kappa shape index (κ1) is 35.8. The van der Waals surface area contributed by atoms with Gasteiger partial charge in [-0.05, 0) is 52.8 Å². The molecule has 3 atom stereocenters. The number of methoxy groups -OCH3 is 1. The molecule has 0 unspecified atom stereocenters. The monoisotopic (exact) mass is 713 g/mol. The number of unbranched alkanes of at least 4 members (excludes halogenated alkanes) is 1. The van der Waals surface area contributed by atoms with Crippen molar-refractivity contribution >= 4 is 0 Å². The van der Waals surface area contributed by atoms with Crippen LogP contribution in [-0.4, -0.2) is 55.6 Å². The third kappa shape index (κ3) is 7.64. The van der Waals surface area contributed by atoms with Crippen LogP contribution in [-0.2, 0) is 28.0 Å². The molecular formula is C42H43N5O6. The molecule has 0 saturated carbocycles. The minimum atomic E-state index is -1.07. The maximum atomic E-state index is 13.2. The Morgan fingerprint density at radius 1 is 0.868 bits per heavy atom. The summed E-state index contributed by atoms with van der Waals surface area (Å²) in [6, 6.07) is 35.9. The number of aromatic amines is 1. The Labute approximate surface area is 307 Å². The van der Waals surface area contributed by atoms with Gasteiger partial charge in [0.2, 0.25) is 0 Å². The highest BCUT2D eigenvalue weighted by atomic mass is 16.6. The lowest BCUT2D eigenvalue weighted by molar-refractivity contribution is -0.0944. The molecule has 1 saturated heterocycles. The number of aliphatic hydroxyl groups excluding tert-OH is 1. The van der Waals surface area contributed by atoms with E-state index in [0.717, 1.165) is 41.5 Å². The predicted octanol–water partition coefficient (Wildman–Crippen LogP) is 5.85. The van der Waals surface area contributed by atoms with E-state index in [-0.39, 0.29) is 18.6 Å². The fraction of sp³-hybridized carbons (Fsp3) is 0.286. The van der Waals surface area contributed by atoms with Crippen LogP contribution in [0.4, 0.5) is 0 Å². The Morgan fingerprint density at radius 3 is 2.15 bits per heavy atom.